The molecule has 1 N–H and O–H groups in total. The van der Waals surface area contributed by atoms with E-state index in [1.807, 2.05) is 6.07 Å². The van der Waals surface area contributed by atoms with E-state index < -0.39 is 0 Å². The first kappa shape index (κ1) is 14.6. The molecule has 1 aromatic rings. The molecule has 0 aliphatic carbocycles. The van der Waals surface area contributed by atoms with Gasteiger partial charge in [0.1, 0.15) is 5.76 Å². The minimum Gasteiger partial charge on any atom is -0.469 e. The highest BCUT2D eigenvalue weighted by Crippen LogP contribution is 2.28. The first-order chi connectivity index (χ1) is 9.11. The number of furan rings is 1. The summed E-state index contributed by atoms with van der Waals surface area (Å²) >= 11 is 0. The second-order valence-corrected chi connectivity index (χ2v) is 6.03. The maximum absolute atomic E-state index is 5.89. The molecular formula is C16H27NO2. The van der Waals surface area contributed by atoms with Gasteiger partial charge >= 0.3 is 0 Å². The number of ether oxygens (including phenoxy) is 1. The lowest BCUT2D eigenvalue weighted by molar-refractivity contribution is -0.0789. The zero-order chi connectivity index (χ0) is 13.7. The molecule has 1 aliphatic rings. The van der Waals surface area contributed by atoms with Crippen molar-refractivity contribution in [3.05, 3.63) is 24.2 Å². The first-order valence-corrected chi connectivity index (χ1v) is 7.54. The van der Waals surface area contributed by atoms with Crippen LogP contribution in [0.2, 0.25) is 0 Å². The van der Waals surface area contributed by atoms with Crippen LogP contribution >= 0.6 is 0 Å². The normalized spacial score (nSPS) is 29.3. The Morgan fingerprint density at radius 1 is 1.53 bits per heavy atom. The number of rotatable bonds is 6. The van der Waals surface area contributed by atoms with Crippen LogP contribution in [0.3, 0.4) is 0 Å². The molecule has 19 heavy (non-hydrogen) atoms. The Balaban J connectivity index is 1.74. The van der Waals surface area contributed by atoms with E-state index in [0.717, 1.165) is 44.5 Å². The Morgan fingerprint density at radius 3 is 3.05 bits per heavy atom. The SMILES string of the molecule is CCC1(C)CC(NC(C)CCc2ccco2)CCO1. The van der Waals surface area contributed by atoms with Crippen molar-refractivity contribution in [2.24, 2.45) is 0 Å². The molecule has 0 saturated carbocycles. The molecule has 1 fully saturated rings. The predicted molar refractivity (Wildman–Crippen MR) is 77.3 cm³/mol. The van der Waals surface area contributed by atoms with Crippen molar-refractivity contribution < 1.29 is 9.15 Å². The minimum absolute atomic E-state index is 0.0661. The summed E-state index contributed by atoms with van der Waals surface area (Å²) in [6.07, 6.45) is 7.21. The molecule has 0 radical (unpaired) electrons. The van der Waals surface area contributed by atoms with Crippen LogP contribution in [-0.4, -0.2) is 24.3 Å². The quantitative estimate of drug-likeness (QED) is 0.854. The molecule has 3 heteroatoms. The summed E-state index contributed by atoms with van der Waals surface area (Å²) in [5.41, 5.74) is 0.0661. The van der Waals surface area contributed by atoms with Crippen molar-refractivity contribution in [2.75, 3.05) is 6.61 Å². The van der Waals surface area contributed by atoms with Crippen LogP contribution in [-0.2, 0) is 11.2 Å². The third-order valence-electron chi connectivity index (χ3n) is 4.27. The molecule has 2 rings (SSSR count). The number of hydrogen-bond acceptors (Lipinski definition) is 3. The van der Waals surface area contributed by atoms with Gasteiger partial charge in [-0.2, -0.15) is 0 Å². The van der Waals surface area contributed by atoms with E-state index in [9.17, 15) is 0 Å². The number of hydrogen-bond donors (Lipinski definition) is 1. The fourth-order valence-corrected chi connectivity index (χ4v) is 2.82. The van der Waals surface area contributed by atoms with Crippen LogP contribution in [0.15, 0.2) is 22.8 Å². The van der Waals surface area contributed by atoms with Crippen LogP contribution in [0.4, 0.5) is 0 Å². The van der Waals surface area contributed by atoms with Gasteiger partial charge in [0.25, 0.3) is 0 Å². The standard InChI is InChI=1S/C16H27NO2/c1-4-16(3)12-14(9-11-19-16)17-13(2)7-8-15-6-5-10-18-15/h5-6,10,13-14,17H,4,7-9,11-12H2,1-3H3. The highest BCUT2D eigenvalue weighted by atomic mass is 16.5. The topological polar surface area (TPSA) is 34.4 Å². The van der Waals surface area contributed by atoms with Crippen LogP contribution in [0, 0.1) is 0 Å². The van der Waals surface area contributed by atoms with Crippen molar-refractivity contribution in [3.8, 4) is 0 Å². The molecule has 3 atom stereocenters. The Morgan fingerprint density at radius 2 is 2.37 bits per heavy atom. The molecule has 0 spiro atoms. The lowest BCUT2D eigenvalue weighted by Gasteiger charge is -2.39. The van der Waals surface area contributed by atoms with E-state index in [4.69, 9.17) is 9.15 Å². The van der Waals surface area contributed by atoms with Crippen molar-refractivity contribution in [1.29, 1.82) is 0 Å². The van der Waals surface area contributed by atoms with Crippen molar-refractivity contribution in [3.63, 3.8) is 0 Å². The smallest absolute Gasteiger partial charge is 0.103 e. The van der Waals surface area contributed by atoms with Crippen LogP contribution in [0.1, 0.15) is 52.2 Å². The minimum atomic E-state index is 0.0661. The van der Waals surface area contributed by atoms with Gasteiger partial charge in [0.15, 0.2) is 0 Å². The molecule has 1 aromatic heterocycles. The fraction of sp³-hybridized carbons (Fsp3) is 0.750. The Labute approximate surface area is 116 Å². The zero-order valence-electron chi connectivity index (χ0n) is 12.4. The van der Waals surface area contributed by atoms with Gasteiger partial charge < -0.3 is 14.5 Å². The molecular weight excluding hydrogens is 238 g/mol. The van der Waals surface area contributed by atoms with Gasteiger partial charge in [0.05, 0.1) is 11.9 Å². The predicted octanol–water partition coefficient (Wildman–Crippen LogP) is 3.54. The van der Waals surface area contributed by atoms with Crippen molar-refractivity contribution in [2.45, 2.75) is 70.6 Å². The monoisotopic (exact) mass is 265 g/mol. The van der Waals surface area contributed by atoms with Gasteiger partial charge in [0, 0.05) is 25.1 Å². The Kier molecular flexibility index (Phi) is 5.06. The summed E-state index contributed by atoms with van der Waals surface area (Å²) in [5, 5.41) is 3.75. The maximum atomic E-state index is 5.89. The van der Waals surface area contributed by atoms with E-state index in [1.54, 1.807) is 6.26 Å². The molecule has 108 valence electrons. The van der Waals surface area contributed by atoms with Gasteiger partial charge in [-0.3, -0.25) is 0 Å². The summed E-state index contributed by atoms with van der Waals surface area (Å²) in [7, 11) is 0. The van der Waals surface area contributed by atoms with Crippen molar-refractivity contribution in [1.82, 2.24) is 5.32 Å². The molecule has 3 unspecified atom stereocenters. The second-order valence-electron chi connectivity index (χ2n) is 6.03. The van der Waals surface area contributed by atoms with E-state index in [1.165, 1.54) is 0 Å². The summed E-state index contributed by atoms with van der Waals surface area (Å²) in [6.45, 7) is 7.59. The zero-order valence-corrected chi connectivity index (χ0v) is 12.4. The molecule has 1 saturated heterocycles. The van der Waals surface area contributed by atoms with Crippen molar-refractivity contribution >= 4 is 0 Å². The molecule has 0 amide bonds. The first-order valence-electron chi connectivity index (χ1n) is 7.54. The molecule has 3 nitrogen and oxygen atoms in total. The summed E-state index contributed by atoms with van der Waals surface area (Å²) < 4.78 is 11.3. The average molecular weight is 265 g/mol. The van der Waals surface area contributed by atoms with E-state index in [-0.39, 0.29) is 5.60 Å². The third kappa shape index (κ3) is 4.36. The van der Waals surface area contributed by atoms with Gasteiger partial charge in [-0.1, -0.05) is 6.92 Å². The van der Waals surface area contributed by atoms with Crippen LogP contribution < -0.4 is 5.32 Å². The van der Waals surface area contributed by atoms with Gasteiger partial charge in [-0.15, -0.1) is 0 Å². The Bertz CT molecular complexity index is 363. The number of nitrogens with one attached hydrogen (secondary N) is 1. The fourth-order valence-electron chi connectivity index (χ4n) is 2.82. The maximum Gasteiger partial charge on any atom is 0.103 e. The van der Waals surface area contributed by atoms with Gasteiger partial charge in [0.2, 0.25) is 0 Å². The third-order valence-corrected chi connectivity index (χ3v) is 4.27. The lowest BCUT2D eigenvalue weighted by atomic mass is 9.89. The van der Waals surface area contributed by atoms with E-state index >= 15 is 0 Å². The summed E-state index contributed by atoms with van der Waals surface area (Å²) in [6, 6.07) is 5.12. The van der Waals surface area contributed by atoms with E-state index in [0.29, 0.717) is 12.1 Å². The second kappa shape index (κ2) is 6.58. The molecule has 0 aromatic carbocycles. The summed E-state index contributed by atoms with van der Waals surface area (Å²) in [5.74, 6) is 1.08. The van der Waals surface area contributed by atoms with E-state index in [2.05, 4.69) is 32.2 Å². The average Bonchev–Trinajstić information content (AvgIpc) is 2.90. The summed E-state index contributed by atoms with van der Waals surface area (Å²) in [4.78, 5) is 0. The largest absolute Gasteiger partial charge is 0.469 e. The molecule has 0 bridgehead atoms. The highest BCUT2D eigenvalue weighted by Gasteiger charge is 2.31. The molecule has 1 aliphatic heterocycles. The number of aryl methyl sites for hydroxylation is 1. The van der Waals surface area contributed by atoms with Gasteiger partial charge in [-0.25, -0.2) is 0 Å². The lowest BCUT2D eigenvalue weighted by Crippen LogP contribution is -2.47. The van der Waals surface area contributed by atoms with Gasteiger partial charge in [-0.05, 0) is 51.7 Å². The highest BCUT2D eigenvalue weighted by molar-refractivity contribution is 4.98. The van der Waals surface area contributed by atoms with Crippen LogP contribution in [0.25, 0.3) is 0 Å². The Hall–Kier alpha value is -0.800. The van der Waals surface area contributed by atoms with Crippen LogP contribution in [0.5, 0.6) is 0 Å². The molecule has 2 heterocycles.